The minimum atomic E-state index is 0.307. The summed E-state index contributed by atoms with van der Waals surface area (Å²) in [5.74, 6) is 0.307. The zero-order chi connectivity index (χ0) is 8.84. The largest absolute Gasteiger partial charge is 0.508 e. The van der Waals surface area contributed by atoms with Gasteiger partial charge in [0.25, 0.3) is 0 Å². The van der Waals surface area contributed by atoms with Crippen LogP contribution in [-0.2, 0) is 0 Å². The molecule has 1 heterocycles. The Labute approximate surface area is 75.6 Å². The summed E-state index contributed by atoms with van der Waals surface area (Å²) in [5, 5.41) is 9.33. The minimum absolute atomic E-state index is 0.307. The van der Waals surface area contributed by atoms with Crippen molar-refractivity contribution in [1.82, 2.24) is 0 Å². The molecule has 0 spiro atoms. The van der Waals surface area contributed by atoms with E-state index < -0.39 is 0 Å². The molecule has 3 rings (SSSR count). The van der Waals surface area contributed by atoms with Gasteiger partial charge in [0.15, 0.2) is 0 Å². The fourth-order valence-corrected chi connectivity index (χ4v) is 1.74. The van der Waals surface area contributed by atoms with E-state index in [1.165, 1.54) is 0 Å². The fraction of sp³-hybridized carbons (Fsp3) is 0. The average molecular weight is 169 g/mol. The van der Waals surface area contributed by atoms with Crippen LogP contribution < -0.4 is 0 Å². The highest BCUT2D eigenvalue weighted by atomic mass is 16.3. The summed E-state index contributed by atoms with van der Waals surface area (Å²) in [4.78, 5) is 4.20. The Morgan fingerprint density at radius 2 is 2.15 bits per heavy atom. The van der Waals surface area contributed by atoms with Crippen molar-refractivity contribution < 1.29 is 5.11 Å². The van der Waals surface area contributed by atoms with Crippen molar-refractivity contribution in [2.75, 3.05) is 0 Å². The lowest BCUT2D eigenvalue weighted by atomic mass is 10.1. The van der Waals surface area contributed by atoms with Gasteiger partial charge in [-0.1, -0.05) is 6.07 Å². The molecule has 0 saturated heterocycles. The fourth-order valence-electron chi connectivity index (χ4n) is 1.74. The van der Waals surface area contributed by atoms with Gasteiger partial charge >= 0.3 is 0 Å². The van der Waals surface area contributed by atoms with Crippen molar-refractivity contribution in [1.29, 1.82) is 0 Å². The zero-order valence-electron chi connectivity index (χ0n) is 6.86. The number of allylic oxidation sites excluding steroid dienone is 2. The van der Waals surface area contributed by atoms with E-state index in [2.05, 4.69) is 4.99 Å². The van der Waals surface area contributed by atoms with Crippen molar-refractivity contribution in [2.24, 2.45) is 4.99 Å². The summed E-state index contributed by atoms with van der Waals surface area (Å²) in [6.07, 6.45) is 5.79. The van der Waals surface area contributed by atoms with Crippen LogP contribution in [0, 0.1) is 0 Å². The molecule has 1 N–H and O–H groups in total. The molecule has 1 aromatic rings. The SMILES string of the molecule is Oc1ccc2c(c1)C1=CC=NC1=C2. The number of phenols is 1. The summed E-state index contributed by atoms with van der Waals surface area (Å²) < 4.78 is 0. The van der Waals surface area contributed by atoms with Crippen LogP contribution >= 0.6 is 0 Å². The van der Waals surface area contributed by atoms with Crippen LogP contribution in [0.1, 0.15) is 11.1 Å². The monoisotopic (exact) mass is 169 g/mol. The first-order chi connectivity index (χ1) is 6.34. The molecule has 2 aliphatic rings. The molecule has 2 nitrogen and oxygen atoms in total. The maximum Gasteiger partial charge on any atom is 0.116 e. The molecule has 1 aliphatic carbocycles. The van der Waals surface area contributed by atoms with Crippen LogP contribution in [0.25, 0.3) is 11.6 Å². The van der Waals surface area contributed by atoms with Crippen LogP contribution in [0.5, 0.6) is 5.75 Å². The molecule has 1 aliphatic heterocycles. The topological polar surface area (TPSA) is 32.6 Å². The first-order valence-corrected chi connectivity index (χ1v) is 4.14. The first kappa shape index (κ1) is 6.66. The average Bonchev–Trinajstić information content (AvgIpc) is 2.64. The lowest BCUT2D eigenvalue weighted by molar-refractivity contribution is 0.475. The number of nitrogens with zero attached hydrogens (tertiary/aromatic N) is 1. The Morgan fingerprint density at radius 3 is 3.08 bits per heavy atom. The number of aromatic hydroxyl groups is 1. The Morgan fingerprint density at radius 1 is 1.23 bits per heavy atom. The van der Waals surface area contributed by atoms with Gasteiger partial charge in [0, 0.05) is 11.8 Å². The van der Waals surface area contributed by atoms with Gasteiger partial charge in [-0.3, -0.25) is 4.99 Å². The van der Waals surface area contributed by atoms with Gasteiger partial charge in [-0.15, -0.1) is 0 Å². The Balaban J connectivity index is 2.29. The maximum absolute atomic E-state index is 9.33. The highest BCUT2D eigenvalue weighted by molar-refractivity contribution is 6.05. The number of hydrogen-bond acceptors (Lipinski definition) is 2. The lowest BCUT2D eigenvalue weighted by Crippen LogP contribution is -1.80. The maximum atomic E-state index is 9.33. The molecule has 1 aromatic carbocycles. The number of aliphatic imine (C=N–C) groups is 1. The number of rotatable bonds is 0. The summed E-state index contributed by atoms with van der Waals surface area (Å²) in [7, 11) is 0. The number of hydrogen-bond donors (Lipinski definition) is 1. The minimum Gasteiger partial charge on any atom is -0.508 e. The molecule has 2 heteroatoms. The second-order valence-corrected chi connectivity index (χ2v) is 3.16. The smallest absolute Gasteiger partial charge is 0.116 e. The predicted molar refractivity (Wildman–Crippen MR) is 52.6 cm³/mol. The second-order valence-electron chi connectivity index (χ2n) is 3.16. The third-order valence-corrected chi connectivity index (χ3v) is 2.35. The third kappa shape index (κ3) is 0.798. The van der Waals surface area contributed by atoms with Gasteiger partial charge in [0.05, 0.1) is 5.70 Å². The standard InChI is InChI=1S/C11H7NO/c13-8-2-1-7-5-11-9(3-4-12-11)10(7)6-8/h1-6,13H. The molecule has 13 heavy (non-hydrogen) atoms. The molecule has 0 saturated carbocycles. The molecule has 0 bridgehead atoms. The number of phenolic OH excluding ortho intramolecular Hbond substituents is 1. The third-order valence-electron chi connectivity index (χ3n) is 2.35. The first-order valence-electron chi connectivity index (χ1n) is 4.14. The molecule has 0 amide bonds. The molecule has 0 aromatic heterocycles. The van der Waals surface area contributed by atoms with Crippen molar-refractivity contribution in [3.8, 4) is 5.75 Å². The number of fused-ring (bicyclic) bond motifs is 3. The van der Waals surface area contributed by atoms with Crippen LogP contribution in [0.3, 0.4) is 0 Å². The summed E-state index contributed by atoms with van der Waals surface area (Å²) in [6.45, 7) is 0. The van der Waals surface area contributed by atoms with Gasteiger partial charge in [0.2, 0.25) is 0 Å². The highest BCUT2D eigenvalue weighted by Gasteiger charge is 2.20. The van der Waals surface area contributed by atoms with E-state index in [1.54, 1.807) is 18.3 Å². The van der Waals surface area contributed by atoms with Crippen LogP contribution in [0.2, 0.25) is 0 Å². The van der Waals surface area contributed by atoms with E-state index >= 15 is 0 Å². The Kier molecular flexibility index (Phi) is 1.08. The van der Waals surface area contributed by atoms with Crippen molar-refractivity contribution >= 4 is 17.9 Å². The summed E-state index contributed by atoms with van der Waals surface area (Å²) in [5.41, 5.74) is 4.33. The normalized spacial score (nSPS) is 16.6. The molecule has 0 atom stereocenters. The molecule has 0 radical (unpaired) electrons. The van der Waals surface area contributed by atoms with Crippen molar-refractivity contribution in [2.45, 2.75) is 0 Å². The van der Waals surface area contributed by atoms with Crippen LogP contribution in [-0.4, -0.2) is 11.3 Å². The van der Waals surface area contributed by atoms with Crippen molar-refractivity contribution in [3.63, 3.8) is 0 Å². The zero-order valence-corrected chi connectivity index (χ0v) is 6.86. The predicted octanol–water partition coefficient (Wildman–Crippen LogP) is 2.21. The summed E-state index contributed by atoms with van der Waals surface area (Å²) in [6, 6.07) is 5.38. The van der Waals surface area contributed by atoms with E-state index in [4.69, 9.17) is 0 Å². The molecular formula is C11H7NO. The van der Waals surface area contributed by atoms with E-state index in [0.717, 1.165) is 22.4 Å². The van der Waals surface area contributed by atoms with E-state index in [-0.39, 0.29) is 0 Å². The quantitative estimate of drug-likeness (QED) is 0.634. The second kappa shape index (κ2) is 2.10. The van der Waals surface area contributed by atoms with Crippen molar-refractivity contribution in [3.05, 3.63) is 41.1 Å². The van der Waals surface area contributed by atoms with Gasteiger partial charge in [-0.2, -0.15) is 0 Å². The van der Waals surface area contributed by atoms with E-state index in [1.807, 2.05) is 18.2 Å². The van der Waals surface area contributed by atoms with Gasteiger partial charge < -0.3 is 5.11 Å². The Hall–Kier alpha value is -1.83. The summed E-state index contributed by atoms with van der Waals surface area (Å²) >= 11 is 0. The van der Waals surface area contributed by atoms with Crippen LogP contribution in [0.15, 0.2) is 35.0 Å². The molecule has 0 unspecified atom stereocenters. The van der Waals surface area contributed by atoms with Crippen LogP contribution in [0.4, 0.5) is 0 Å². The van der Waals surface area contributed by atoms with Gasteiger partial charge in [0.1, 0.15) is 5.75 Å². The molecule has 62 valence electrons. The van der Waals surface area contributed by atoms with E-state index in [0.29, 0.717) is 5.75 Å². The van der Waals surface area contributed by atoms with E-state index in [9.17, 15) is 5.11 Å². The molecule has 0 fully saturated rings. The highest BCUT2D eigenvalue weighted by Crippen LogP contribution is 2.39. The Bertz CT molecular complexity index is 481. The lowest BCUT2D eigenvalue weighted by Gasteiger charge is -2.00. The van der Waals surface area contributed by atoms with Gasteiger partial charge in [-0.25, -0.2) is 0 Å². The number of benzene rings is 1. The van der Waals surface area contributed by atoms with Gasteiger partial charge in [-0.05, 0) is 35.4 Å². The molecular weight excluding hydrogens is 162 g/mol.